The fourth-order valence-electron chi connectivity index (χ4n) is 3.53. The molecule has 27 heavy (non-hydrogen) atoms. The van der Waals surface area contributed by atoms with Crippen LogP contribution in [0.3, 0.4) is 0 Å². The first-order chi connectivity index (χ1) is 13.6. The third kappa shape index (κ3) is 3.55. The number of nitrogens with zero attached hydrogens (tertiary/aromatic N) is 4. The van der Waals surface area contributed by atoms with E-state index in [1.807, 2.05) is 4.57 Å². The Labute approximate surface area is 158 Å². The minimum absolute atomic E-state index is 0.0357. The summed E-state index contributed by atoms with van der Waals surface area (Å²) < 4.78 is 28.9. The lowest BCUT2D eigenvalue weighted by Crippen LogP contribution is -2.21. The predicted octanol–water partition coefficient (Wildman–Crippen LogP) is 3.63. The molecule has 3 aromatic rings. The summed E-state index contributed by atoms with van der Waals surface area (Å²) in [6, 6.07) is 8.05. The van der Waals surface area contributed by atoms with Crippen molar-refractivity contribution in [2.75, 3.05) is 7.11 Å². The molecule has 0 bridgehead atoms. The summed E-state index contributed by atoms with van der Waals surface area (Å²) in [5.41, 5.74) is 2.54. The number of ether oxygens (including phenoxy) is 1. The van der Waals surface area contributed by atoms with Crippen LogP contribution in [0.5, 0.6) is 6.01 Å². The molecule has 0 atom stereocenters. The molecule has 0 radical (unpaired) electrons. The summed E-state index contributed by atoms with van der Waals surface area (Å²) in [5.74, 6) is -0.333. The first-order valence-corrected chi connectivity index (χ1v) is 8.97. The lowest BCUT2D eigenvalue weighted by Gasteiger charge is -2.27. The number of methoxy groups -OCH3 is 1. The van der Waals surface area contributed by atoms with Gasteiger partial charge in [0, 0.05) is 17.8 Å². The Balaban J connectivity index is 1.89. The van der Waals surface area contributed by atoms with Crippen LogP contribution in [0.4, 0.5) is 4.39 Å². The number of aromatic nitrogens is 4. The first-order valence-electron chi connectivity index (χ1n) is 9.47. The molecule has 1 saturated carbocycles. The lowest BCUT2D eigenvalue weighted by molar-refractivity contribution is 0.111. The van der Waals surface area contributed by atoms with E-state index >= 15 is 0 Å². The van der Waals surface area contributed by atoms with Gasteiger partial charge in [-0.15, -0.1) is 0 Å². The van der Waals surface area contributed by atoms with Crippen molar-refractivity contribution in [1.82, 2.24) is 19.5 Å². The van der Waals surface area contributed by atoms with Gasteiger partial charge in [0.25, 0.3) is 0 Å². The van der Waals surface area contributed by atoms with Crippen LogP contribution < -0.4 is 4.74 Å². The van der Waals surface area contributed by atoms with E-state index in [1.54, 1.807) is 24.4 Å². The molecule has 0 spiro atoms. The van der Waals surface area contributed by atoms with Crippen molar-refractivity contribution in [3.8, 4) is 28.7 Å². The van der Waals surface area contributed by atoms with Crippen LogP contribution in [0.25, 0.3) is 22.6 Å². The zero-order valence-corrected chi connectivity index (χ0v) is 15.0. The van der Waals surface area contributed by atoms with Crippen molar-refractivity contribution in [2.24, 2.45) is 0 Å². The molecule has 0 saturated heterocycles. The van der Waals surface area contributed by atoms with Crippen molar-refractivity contribution in [2.45, 2.75) is 37.8 Å². The monoisotopic (exact) mass is 369 g/mol. The van der Waals surface area contributed by atoms with Gasteiger partial charge in [-0.1, -0.05) is 0 Å². The highest BCUT2D eigenvalue weighted by Gasteiger charge is 2.26. The van der Waals surface area contributed by atoms with Gasteiger partial charge in [0.05, 0.1) is 36.6 Å². The maximum absolute atomic E-state index is 13.4. The van der Waals surface area contributed by atoms with Crippen LogP contribution >= 0.6 is 0 Å². The molecule has 6 nitrogen and oxygen atoms in total. The standard InChI is InChI=1S/C20H21FN4O2/c1-27-20-22-11-10-17(24-20)19-18(13-2-4-14(21)5-3-13)23-12-25(19)15-6-8-16(26)9-7-15/h2-5,10-12,15-16,26H,6-9H2,1H3/t15-,16-/i12D. The van der Waals surface area contributed by atoms with E-state index in [0.717, 1.165) is 12.8 Å². The molecular formula is C20H21FN4O2. The third-order valence-electron chi connectivity index (χ3n) is 4.94. The van der Waals surface area contributed by atoms with Gasteiger partial charge in [0.1, 0.15) is 7.19 Å². The number of hydrogen-bond acceptors (Lipinski definition) is 5. The van der Waals surface area contributed by atoms with Gasteiger partial charge in [-0.05, 0) is 56.0 Å². The highest BCUT2D eigenvalue weighted by molar-refractivity contribution is 5.77. The molecule has 4 rings (SSSR count). The average molecular weight is 369 g/mol. The van der Waals surface area contributed by atoms with Crippen LogP contribution in [-0.2, 0) is 0 Å². The molecule has 1 aliphatic rings. The predicted molar refractivity (Wildman–Crippen MR) is 98.7 cm³/mol. The molecule has 1 N–H and O–H groups in total. The van der Waals surface area contributed by atoms with E-state index in [0.29, 0.717) is 35.5 Å². The number of aliphatic hydroxyl groups excluding tert-OH is 1. The third-order valence-corrected chi connectivity index (χ3v) is 4.94. The molecule has 1 aromatic carbocycles. The minimum Gasteiger partial charge on any atom is -0.467 e. The molecule has 0 amide bonds. The topological polar surface area (TPSA) is 73.1 Å². The van der Waals surface area contributed by atoms with Crippen molar-refractivity contribution < 1.29 is 15.6 Å². The van der Waals surface area contributed by atoms with Crippen molar-refractivity contribution in [1.29, 1.82) is 0 Å². The molecule has 140 valence electrons. The molecule has 2 heterocycles. The van der Waals surface area contributed by atoms with Gasteiger partial charge in [-0.2, -0.15) is 4.98 Å². The maximum Gasteiger partial charge on any atom is 0.316 e. The largest absolute Gasteiger partial charge is 0.467 e. The van der Waals surface area contributed by atoms with Crippen LogP contribution in [-0.4, -0.2) is 37.8 Å². The minimum atomic E-state index is -0.333. The highest BCUT2D eigenvalue weighted by Crippen LogP contribution is 2.37. The second kappa shape index (κ2) is 7.44. The highest BCUT2D eigenvalue weighted by atomic mass is 19.1. The van der Waals surface area contributed by atoms with Crippen LogP contribution in [0, 0.1) is 5.82 Å². The van der Waals surface area contributed by atoms with Gasteiger partial charge in [0.2, 0.25) is 0 Å². The molecular weight excluding hydrogens is 347 g/mol. The van der Waals surface area contributed by atoms with Crippen LogP contribution in [0.15, 0.2) is 42.8 Å². The lowest BCUT2D eigenvalue weighted by atomic mass is 9.92. The SMILES string of the molecule is [2H]c1nc(-c2ccc(F)cc2)c(-c2ccnc(OC)n2)n1[C@H]1CC[C@H](O)CC1. The van der Waals surface area contributed by atoms with Gasteiger partial charge in [-0.3, -0.25) is 0 Å². The smallest absolute Gasteiger partial charge is 0.316 e. The van der Waals surface area contributed by atoms with Crippen LogP contribution in [0.1, 0.15) is 33.1 Å². The molecule has 1 fully saturated rings. The number of hydrogen-bond donors (Lipinski definition) is 1. The van der Waals surface area contributed by atoms with E-state index in [2.05, 4.69) is 15.0 Å². The van der Waals surface area contributed by atoms with Gasteiger partial charge in [-0.25, -0.2) is 14.4 Å². The maximum atomic E-state index is 13.4. The summed E-state index contributed by atoms with van der Waals surface area (Å²) in [4.78, 5) is 13.0. The average Bonchev–Trinajstić information content (AvgIpc) is 3.06. The molecule has 0 unspecified atom stereocenters. The molecule has 7 heteroatoms. The molecule has 2 aromatic heterocycles. The Hall–Kier alpha value is -2.80. The van der Waals surface area contributed by atoms with Gasteiger partial charge in [0.15, 0.2) is 0 Å². The Morgan fingerprint density at radius 3 is 2.59 bits per heavy atom. The normalized spacial score (nSPS) is 20.3. The summed E-state index contributed by atoms with van der Waals surface area (Å²) in [6.07, 6.45) is 4.28. The fraction of sp³-hybridized carbons (Fsp3) is 0.350. The van der Waals surface area contributed by atoms with E-state index < -0.39 is 0 Å². The zero-order chi connectivity index (χ0) is 19.7. The quantitative estimate of drug-likeness (QED) is 0.760. The Bertz CT molecular complexity index is 969. The Morgan fingerprint density at radius 1 is 1.15 bits per heavy atom. The Kier molecular flexibility index (Phi) is 4.51. The second-order valence-electron chi connectivity index (χ2n) is 6.68. The summed E-state index contributed by atoms with van der Waals surface area (Å²) in [5, 5.41) is 9.86. The summed E-state index contributed by atoms with van der Waals surface area (Å²) in [6.45, 7) is 0. The summed E-state index contributed by atoms with van der Waals surface area (Å²) >= 11 is 0. The van der Waals surface area contributed by atoms with Crippen molar-refractivity contribution in [3.63, 3.8) is 0 Å². The summed E-state index contributed by atoms with van der Waals surface area (Å²) in [7, 11) is 1.50. The van der Waals surface area contributed by atoms with Crippen molar-refractivity contribution in [3.05, 3.63) is 48.6 Å². The molecule has 1 aliphatic carbocycles. The number of imidazole rings is 1. The molecule has 0 aliphatic heterocycles. The second-order valence-corrected chi connectivity index (χ2v) is 6.68. The Morgan fingerprint density at radius 2 is 1.89 bits per heavy atom. The number of benzene rings is 1. The van der Waals surface area contributed by atoms with Gasteiger partial charge >= 0.3 is 6.01 Å². The number of aliphatic hydroxyl groups is 1. The van der Waals surface area contributed by atoms with E-state index in [1.165, 1.54) is 19.2 Å². The number of halogens is 1. The van der Waals surface area contributed by atoms with Crippen molar-refractivity contribution >= 4 is 0 Å². The van der Waals surface area contributed by atoms with E-state index in [-0.39, 0.29) is 30.3 Å². The van der Waals surface area contributed by atoms with Crippen LogP contribution in [0.2, 0.25) is 0 Å². The van der Waals surface area contributed by atoms with E-state index in [9.17, 15) is 9.50 Å². The van der Waals surface area contributed by atoms with Gasteiger partial charge < -0.3 is 14.4 Å². The van der Waals surface area contributed by atoms with E-state index in [4.69, 9.17) is 6.11 Å². The fourth-order valence-corrected chi connectivity index (χ4v) is 3.53. The zero-order valence-electron chi connectivity index (χ0n) is 16.0. The number of rotatable bonds is 4. The first kappa shape index (κ1) is 16.4.